The molecule has 0 atom stereocenters. The van der Waals surface area contributed by atoms with Crippen LogP contribution in [0.2, 0.25) is 0 Å². The SMILES string of the molecule is CNc1ccc(C(=O)Nc2ccc3c(c2)OCCO3)cn1. The van der Waals surface area contributed by atoms with E-state index in [4.69, 9.17) is 9.47 Å². The number of amides is 1. The number of nitrogens with one attached hydrogen (secondary N) is 2. The van der Waals surface area contributed by atoms with E-state index in [-0.39, 0.29) is 5.91 Å². The third-order valence-electron chi connectivity index (χ3n) is 3.08. The molecular weight excluding hydrogens is 270 g/mol. The summed E-state index contributed by atoms with van der Waals surface area (Å²) in [6.07, 6.45) is 1.53. The van der Waals surface area contributed by atoms with Crippen LogP contribution in [-0.2, 0) is 0 Å². The molecule has 6 nitrogen and oxygen atoms in total. The molecule has 6 heteroatoms. The predicted octanol–water partition coefficient (Wildman–Crippen LogP) is 2.15. The molecule has 1 aliphatic rings. The molecule has 3 rings (SSSR count). The Morgan fingerprint density at radius 1 is 1.14 bits per heavy atom. The van der Waals surface area contributed by atoms with E-state index in [1.54, 1.807) is 37.4 Å². The van der Waals surface area contributed by atoms with Crippen LogP contribution in [0.4, 0.5) is 11.5 Å². The monoisotopic (exact) mass is 285 g/mol. The number of benzene rings is 1. The summed E-state index contributed by atoms with van der Waals surface area (Å²) in [6, 6.07) is 8.78. The largest absolute Gasteiger partial charge is 0.486 e. The van der Waals surface area contributed by atoms with Crippen LogP contribution in [0.25, 0.3) is 0 Å². The van der Waals surface area contributed by atoms with Crippen molar-refractivity contribution in [2.75, 3.05) is 30.9 Å². The van der Waals surface area contributed by atoms with Crippen molar-refractivity contribution in [2.24, 2.45) is 0 Å². The lowest BCUT2D eigenvalue weighted by Gasteiger charge is -2.19. The number of anilines is 2. The highest BCUT2D eigenvalue weighted by atomic mass is 16.6. The molecule has 0 saturated carbocycles. The number of hydrogen-bond acceptors (Lipinski definition) is 5. The van der Waals surface area contributed by atoms with E-state index in [9.17, 15) is 4.79 Å². The summed E-state index contributed by atoms with van der Waals surface area (Å²) in [5, 5.41) is 5.71. The first kappa shape index (κ1) is 13.2. The summed E-state index contributed by atoms with van der Waals surface area (Å²) in [7, 11) is 1.78. The molecule has 0 saturated heterocycles. The quantitative estimate of drug-likeness (QED) is 0.904. The third kappa shape index (κ3) is 2.89. The van der Waals surface area contributed by atoms with Gasteiger partial charge in [-0.2, -0.15) is 0 Å². The van der Waals surface area contributed by atoms with E-state index in [0.717, 1.165) is 0 Å². The summed E-state index contributed by atoms with van der Waals surface area (Å²) in [5.41, 5.74) is 1.14. The maximum Gasteiger partial charge on any atom is 0.257 e. The molecule has 1 aliphatic heterocycles. The Kier molecular flexibility index (Phi) is 3.59. The normalized spacial score (nSPS) is 12.6. The number of rotatable bonds is 3. The number of nitrogens with zero attached hydrogens (tertiary/aromatic N) is 1. The summed E-state index contributed by atoms with van der Waals surface area (Å²) in [5.74, 6) is 1.83. The lowest BCUT2D eigenvalue weighted by molar-refractivity contribution is 0.102. The molecular formula is C15H15N3O3. The standard InChI is InChI=1S/C15H15N3O3/c1-16-14-5-2-10(9-17-14)15(19)18-11-3-4-12-13(8-11)21-7-6-20-12/h2-5,8-9H,6-7H2,1H3,(H,16,17)(H,18,19). The van der Waals surface area contributed by atoms with E-state index in [1.165, 1.54) is 6.20 Å². The van der Waals surface area contributed by atoms with Crippen molar-refractivity contribution in [2.45, 2.75) is 0 Å². The topological polar surface area (TPSA) is 72.5 Å². The zero-order valence-corrected chi connectivity index (χ0v) is 11.6. The highest BCUT2D eigenvalue weighted by Crippen LogP contribution is 2.32. The molecule has 0 radical (unpaired) electrons. The first-order chi connectivity index (χ1) is 10.3. The van der Waals surface area contributed by atoms with Gasteiger partial charge in [0.25, 0.3) is 5.91 Å². The predicted molar refractivity (Wildman–Crippen MR) is 79.2 cm³/mol. The van der Waals surface area contributed by atoms with Crippen molar-refractivity contribution in [1.82, 2.24) is 4.98 Å². The highest BCUT2D eigenvalue weighted by molar-refractivity contribution is 6.04. The van der Waals surface area contributed by atoms with Gasteiger partial charge in [-0.3, -0.25) is 4.79 Å². The van der Waals surface area contributed by atoms with E-state index >= 15 is 0 Å². The van der Waals surface area contributed by atoms with Crippen LogP contribution in [0, 0.1) is 0 Å². The molecule has 2 aromatic rings. The first-order valence-electron chi connectivity index (χ1n) is 6.61. The average molecular weight is 285 g/mol. The van der Waals surface area contributed by atoms with E-state index in [2.05, 4.69) is 15.6 Å². The van der Waals surface area contributed by atoms with Crippen molar-refractivity contribution < 1.29 is 14.3 Å². The van der Waals surface area contributed by atoms with Gasteiger partial charge in [-0.05, 0) is 24.3 Å². The van der Waals surface area contributed by atoms with Crippen LogP contribution in [-0.4, -0.2) is 31.2 Å². The Bertz CT molecular complexity index is 656. The van der Waals surface area contributed by atoms with Gasteiger partial charge >= 0.3 is 0 Å². The number of aromatic nitrogens is 1. The van der Waals surface area contributed by atoms with Gasteiger partial charge in [-0.1, -0.05) is 0 Å². The molecule has 0 fully saturated rings. The molecule has 2 N–H and O–H groups in total. The minimum Gasteiger partial charge on any atom is -0.486 e. The van der Waals surface area contributed by atoms with E-state index in [0.29, 0.717) is 41.8 Å². The van der Waals surface area contributed by atoms with Gasteiger partial charge in [0.1, 0.15) is 19.0 Å². The molecule has 108 valence electrons. The zero-order valence-electron chi connectivity index (χ0n) is 11.6. The highest BCUT2D eigenvalue weighted by Gasteiger charge is 2.13. The summed E-state index contributed by atoms with van der Waals surface area (Å²) >= 11 is 0. The molecule has 1 aromatic heterocycles. The smallest absolute Gasteiger partial charge is 0.257 e. The number of fused-ring (bicyclic) bond motifs is 1. The molecule has 1 aromatic carbocycles. The number of pyridine rings is 1. The molecule has 2 heterocycles. The number of carbonyl (C=O) groups is 1. The number of ether oxygens (including phenoxy) is 2. The fraction of sp³-hybridized carbons (Fsp3) is 0.200. The van der Waals surface area contributed by atoms with Crippen LogP contribution in [0.5, 0.6) is 11.5 Å². The number of carbonyl (C=O) groups excluding carboxylic acids is 1. The second-order valence-electron chi connectivity index (χ2n) is 4.49. The van der Waals surface area contributed by atoms with Gasteiger partial charge in [0.2, 0.25) is 0 Å². The van der Waals surface area contributed by atoms with Gasteiger partial charge in [0, 0.05) is 25.0 Å². The minimum atomic E-state index is -0.221. The molecule has 0 unspecified atom stereocenters. The molecule has 0 spiro atoms. The Labute approximate surface area is 122 Å². The number of hydrogen-bond donors (Lipinski definition) is 2. The minimum absolute atomic E-state index is 0.221. The van der Waals surface area contributed by atoms with Crippen molar-refractivity contribution in [3.05, 3.63) is 42.1 Å². The van der Waals surface area contributed by atoms with Crippen LogP contribution < -0.4 is 20.1 Å². The molecule has 0 bridgehead atoms. The van der Waals surface area contributed by atoms with Crippen molar-refractivity contribution in [1.29, 1.82) is 0 Å². The Balaban J connectivity index is 1.74. The van der Waals surface area contributed by atoms with Crippen molar-refractivity contribution in [3.63, 3.8) is 0 Å². The summed E-state index contributed by atoms with van der Waals surface area (Å²) in [4.78, 5) is 16.3. The summed E-state index contributed by atoms with van der Waals surface area (Å²) < 4.78 is 10.9. The van der Waals surface area contributed by atoms with Gasteiger partial charge in [-0.15, -0.1) is 0 Å². The van der Waals surface area contributed by atoms with Crippen LogP contribution >= 0.6 is 0 Å². The second kappa shape index (κ2) is 5.70. The van der Waals surface area contributed by atoms with E-state index < -0.39 is 0 Å². The van der Waals surface area contributed by atoms with E-state index in [1.807, 2.05) is 0 Å². The second-order valence-corrected chi connectivity index (χ2v) is 4.49. The average Bonchev–Trinajstić information content (AvgIpc) is 2.55. The van der Waals surface area contributed by atoms with Crippen LogP contribution in [0.15, 0.2) is 36.5 Å². The lowest BCUT2D eigenvalue weighted by atomic mass is 10.2. The fourth-order valence-electron chi connectivity index (χ4n) is 2.00. The fourth-order valence-corrected chi connectivity index (χ4v) is 2.00. The van der Waals surface area contributed by atoms with Crippen LogP contribution in [0.1, 0.15) is 10.4 Å². The molecule has 1 amide bonds. The van der Waals surface area contributed by atoms with Crippen molar-refractivity contribution >= 4 is 17.4 Å². The van der Waals surface area contributed by atoms with Crippen LogP contribution in [0.3, 0.4) is 0 Å². The zero-order chi connectivity index (χ0) is 14.7. The molecule has 0 aliphatic carbocycles. The van der Waals surface area contributed by atoms with Crippen molar-refractivity contribution in [3.8, 4) is 11.5 Å². The molecule has 21 heavy (non-hydrogen) atoms. The Morgan fingerprint density at radius 3 is 2.67 bits per heavy atom. The maximum atomic E-state index is 12.1. The summed E-state index contributed by atoms with van der Waals surface area (Å²) in [6.45, 7) is 1.06. The Morgan fingerprint density at radius 2 is 1.95 bits per heavy atom. The third-order valence-corrected chi connectivity index (χ3v) is 3.08. The Hall–Kier alpha value is -2.76. The first-order valence-corrected chi connectivity index (χ1v) is 6.61. The van der Waals surface area contributed by atoms with Gasteiger partial charge in [0.15, 0.2) is 11.5 Å². The maximum absolute atomic E-state index is 12.1. The lowest BCUT2D eigenvalue weighted by Crippen LogP contribution is -2.16. The van der Waals surface area contributed by atoms with Gasteiger partial charge in [-0.25, -0.2) is 4.98 Å². The van der Waals surface area contributed by atoms with Gasteiger partial charge in [0.05, 0.1) is 5.56 Å². The van der Waals surface area contributed by atoms with Gasteiger partial charge < -0.3 is 20.1 Å².